The third kappa shape index (κ3) is 6.14. The Kier molecular flexibility index (Phi) is 7.33. The van der Waals surface area contributed by atoms with Gasteiger partial charge in [0.15, 0.2) is 0 Å². The highest BCUT2D eigenvalue weighted by Crippen LogP contribution is 2.11. The predicted octanol–water partition coefficient (Wildman–Crippen LogP) is 6.70. The molecule has 0 fully saturated rings. The Balaban J connectivity index is 1.70. The molecule has 0 aliphatic rings. The van der Waals surface area contributed by atoms with Gasteiger partial charge in [0.2, 0.25) is 0 Å². The lowest BCUT2D eigenvalue weighted by molar-refractivity contribution is 0.795. The molecule has 0 spiro atoms. The van der Waals surface area contributed by atoms with E-state index in [1.807, 2.05) is 0 Å². The Morgan fingerprint density at radius 2 is 1.17 bits per heavy atom. The SMILES string of the molecule is CCCCc1ccc(C#Cc2ccc(C#Cc3ccc(CC)cc3)c(C)c2)cc1. The molecule has 0 N–H and O–H groups in total. The lowest BCUT2D eigenvalue weighted by atomic mass is 10.0. The molecule has 0 nitrogen and oxygen atoms in total. The normalized spacial score (nSPS) is 9.90. The first-order chi connectivity index (χ1) is 14.2. The van der Waals surface area contributed by atoms with Crippen LogP contribution in [0.1, 0.15) is 65.6 Å². The van der Waals surface area contributed by atoms with Crippen LogP contribution >= 0.6 is 0 Å². The predicted molar refractivity (Wildman–Crippen MR) is 124 cm³/mol. The maximum absolute atomic E-state index is 3.29. The number of hydrogen-bond acceptors (Lipinski definition) is 0. The van der Waals surface area contributed by atoms with E-state index in [9.17, 15) is 0 Å². The second kappa shape index (κ2) is 10.4. The topological polar surface area (TPSA) is 0 Å². The van der Waals surface area contributed by atoms with Gasteiger partial charge in [-0.1, -0.05) is 68.2 Å². The van der Waals surface area contributed by atoms with Gasteiger partial charge in [-0.2, -0.15) is 0 Å². The second-order valence-electron chi connectivity index (χ2n) is 7.38. The molecule has 3 aromatic rings. The van der Waals surface area contributed by atoms with Gasteiger partial charge in [0.05, 0.1) is 0 Å². The Labute approximate surface area is 176 Å². The van der Waals surface area contributed by atoms with Crippen molar-refractivity contribution < 1.29 is 0 Å². The van der Waals surface area contributed by atoms with E-state index in [1.54, 1.807) is 0 Å². The summed E-state index contributed by atoms with van der Waals surface area (Å²) in [5, 5.41) is 0. The Morgan fingerprint density at radius 1 is 0.621 bits per heavy atom. The van der Waals surface area contributed by atoms with Gasteiger partial charge in [0.1, 0.15) is 0 Å². The Morgan fingerprint density at radius 3 is 1.76 bits per heavy atom. The van der Waals surface area contributed by atoms with Crippen LogP contribution in [-0.4, -0.2) is 0 Å². The Bertz CT molecular complexity index is 1060. The zero-order chi connectivity index (χ0) is 20.5. The van der Waals surface area contributed by atoms with Crippen LogP contribution in [0.5, 0.6) is 0 Å². The quantitative estimate of drug-likeness (QED) is 0.444. The molecule has 0 saturated heterocycles. The summed E-state index contributed by atoms with van der Waals surface area (Å²) in [5.74, 6) is 13.1. The highest BCUT2D eigenvalue weighted by Gasteiger charge is 1.97. The van der Waals surface area contributed by atoms with Crippen molar-refractivity contribution in [3.63, 3.8) is 0 Å². The van der Waals surface area contributed by atoms with Crippen LogP contribution in [0.25, 0.3) is 0 Å². The van der Waals surface area contributed by atoms with E-state index < -0.39 is 0 Å². The fraction of sp³-hybridized carbons (Fsp3) is 0.241. The molecule has 3 rings (SSSR count). The molecule has 3 aromatic carbocycles. The second-order valence-corrected chi connectivity index (χ2v) is 7.38. The largest absolute Gasteiger partial charge is 0.0654 e. The minimum atomic E-state index is 1.02. The molecule has 0 heteroatoms. The molecule has 0 radical (unpaired) electrons. The van der Waals surface area contributed by atoms with Crippen LogP contribution in [-0.2, 0) is 12.8 Å². The number of aryl methyl sites for hydroxylation is 3. The molecule has 0 aromatic heterocycles. The zero-order valence-electron chi connectivity index (χ0n) is 17.7. The van der Waals surface area contributed by atoms with Crippen molar-refractivity contribution in [1.29, 1.82) is 0 Å². The average Bonchev–Trinajstić information content (AvgIpc) is 2.76. The highest BCUT2D eigenvalue weighted by atomic mass is 14.0. The standard InChI is InChI=1S/C29H28/c1-4-6-7-25-12-14-26(15-13-25)16-17-28-19-21-29(23(3)22-28)20-18-27-10-8-24(5-2)9-11-27/h8-15,19,21-22H,4-7H2,1-3H3. The molecular weight excluding hydrogens is 348 g/mol. The molecule has 144 valence electrons. The van der Waals surface area contributed by atoms with Gasteiger partial charge in [-0.25, -0.2) is 0 Å². The van der Waals surface area contributed by atoms with Gasteiger partial charge in [-0.3, -0.25) is 0 Å². The van der Waals surface area contributed by atoms with Crippen molar-refractivity contribution >= 4 is 0 Å². The summed E-state index contributed by atoms with van der Waals surface area (Å²) >= 11 is 0. The summed E-state index contributed by atoms with van der Waals surface area (Å²) in [5.41, 5.74) is 8.07. The smallest absolute Gasteiger partial charge is 0.0279 e. The van der Waals surface area contributed by atoms with E-state index in [-0.39, 0.29) is 0 Å². The summed E-state index contributed by atoms with van der Waals surface area (Å²) in [6.07, 6.45) is 4.67. The number of benzene rings is 3. The van der Waals surface area contributed by atoms with Gasteiger partial charge in [-0.05, 0) is 85.3 Å². The summed E-state index contributed by atoms with van der Waals surface area (Å²) < 4.78 is 0. The van der Waals surface area contributed by atoms with E-state index in [0.29, 0.717) is 0 Å². The summed E-state index contributed by atoms with van der Waals surface area (Å²) in [6.45, 7) is 6.48. The fourth-order valence-corrected chi connectivity index (χ4v) is 3.12. The van der Waals surface area contributed by atoms with Crippen LogP contribution in [0.4, 0.5) is 0 Å². The minimum Gasteiger partial charge on any atom is -0.0654 e. The van der Waals surface area contributed by atoms with Crippen LogP contribution in [0.3, 0.4) is 0 Å². The molecule has 0 heterocycles. The van der Waals surface area contributed by atoms with Crippen LogP contribution in [0, 0.1) is 30.6 Å². The fourth-order valence-electron chi connectivity index (χ4n) is 3.12. The third-order valence-electron chi connectivity index (χ3n) is 5.05. The molecule has 29 heavy (non-hydrogen) atoms. The van der Waals surface area contributed by atoms with Gasteiger partial charge in [0.25, 0.3) is 0 Å². The average molecular weight is 377 g/mol. The summed E-state index contributed by atoms with van der Waals surface area (Å²) in [7, 11) is 0. The molecule has 0 aliphatic heterocycles. The van der Waals surface area contributed by atoms with Gasteiger partial charge >= 0.3 is 0 Å². The van der Waals surface area contributed by atoms with Crippen molar-refractivity contribution in [2.45, 2.75) is 46.5 Å². The number of unbranched alkanes of at least 4 members (excludes halogenated alkanes) is 1. The first-order valence-electron chi connectivity index (χ1n) is 10.5. The van der Waals surface area contributed by atoms with Crippen LogP contribution in [0.2, 0.25) is 0 Å². The molecule has 0 bridgehead atoms. The lowest BCUT2D eigenvalue weighted by Crippen LogP contribution is -1.86. The minimum absolute atomic E-state index is 1.02. The van der Waals surface area contributed by atoms with Crippen molar-refractivity contribution in [3.8, 4) is 23.7 Å². The third-order valence-corrected chi connectivity index (χ3v) is 5.05. The van der Waals surface area contributed by atoms with Crippen molar-refractivity contribution in [2.75, 3.05) is 0 Å². The lowest BCUT2D eigenvalue weighted by Gasteiger charge is -2.00. The molecular formula is C29H28. The first kappa shape index (κ1) is 20.5. The van der Waals surface area contributed by atoms with Crippen molar-refractivity contribution in [3.05, 3.63) is 106 Å². The van der Waals surface area contributed by atoms with E-state index >= 15 is 0 Å². The molecule has 0 atom stereocenters. The maximum Gasteiger partial charge on any atom is 0.0279 e. The van der Waals surface area contributed by atoms with E-state index in [0.717, 1.165) is 40.7 Å². The van der Waals surface area contributed by atoms with E-state index in [2.05, 4.69) is 111 Å². The number of hydrogen-bond donors (Lipinski definition) is 0. The molecule has 0 unspecified atom stereocenters. The van der Waals surface area contributed by atoms with Gasteiger partial charge in [-0.15, -0.1) is 0 Å². The van der Waals surface area contributed by atoms with Gasteiger partial charge in [0, 0.05) is 22.3 Å². The maximum atomic E-state index is 3.29. The van der Waals surface area contributed by atoms with Crippen molar-refractivity contribution in [2.24, 2.45) is 0 Å². The Hall–Kier alpha value is -3.22. The van der Waals surface area contributed by atoms with E-state index in [4.69, 9.17) is 0 Å². The summed E-state index contributed by atoms with van der Waals surface area (Å²) in [6, 6.07) is 23.3. The zero-order valence-corrected chi connectivity index (χ0v) is 17.7. The summed E-state index contributed by atoms with van der Waals surface area (Å²) in [4.78, 5) is 0. The monoisotopic (exact) mass is 376 g/mol. The molecule has 0 saturated carbocycles. The van der Waals surface area contributed by atoms with Crippen LogP contribution in [0.15, 0.2) is 66.7 Å². The van der Waals surface area contributed by atoms with Crippen molar-refractivity contribution in [1.82, 2.24) is 0 Å². The number of rotatable bonds is 4. The highest BCUT2D eigenvalue weighted by molar-refractivity contribution is 5.51. The van der Waals surface area contributed by atoms with Gasteiger partial charge < -0.3 is 0 Å². The van der Waals surface area contributed by atoms with E-state index in [1.165, 1.54) is 24.0 Å². The molecule has 0 aliphatic carbocycles. The molecule has 0 amide bonds. The van der Waals surface area contributed by atoms with Crippen LogP contribution < -0.4 is 0 Å². The first-order valence-corrected chi connectivity index (χ1v) is 10.5.